The first-order valence-corrected chi connectivity index (χ1v) is 18.1. The summed E-state index contributed by atoms with van der Waals surface area (Å²) in [5.41, 5.74) is 10.9. The van der Waals surface area contributed by atoms with Crippen molar-refractivity contribution < 1.29 is 4.42 Å². The molecule has 0 fully saturated rings. The summed E-state index contributed by atoms with van der Waals surface area (Å²) >= 11 is 0. The molecule has 0 atom stereocenters. The smallest absolute Gasteiger partial charge is 0.159 e. The van der Waals surface area contributed by atoms with Gasteiger partial charge in [-0.3, -0.25) is 0 Å². The van der Waals surface area contributed by atoms with Gasteiger partial charge in [-0.1, -0.05) is 140 Å². The van der Waals surface area contributed by atoms with Crippen molar-refractivity contribution in [1.82, 2.24) is 4.57 Å². The van der Waals surface area contributed by atoms with Gasteiger partial charge >= 0.3 is 0 Å². The molecule has 53 heavy (non-hydrogen) atoms. The molecule has 0 spiro atoms. The first-order chi connectivity index (χ1) is 26.3. The summed E-state index contributed by atoms with van der Waals surface area (Å²) in [6, 6.07) is 69.7. The summed E-state index contributed by atoms with van der Waals surface area (Å²) in [5.74, 6) is 0. The molecule has 2 aromatic heterocycles. The highest BCUT2D eigenvalue weighted by Gasteiger charge is 2.20. The lowest BCUT2D eigenvalue weighted by Crippen LogP contribution is -2.11. The van der Waals surface area contributed by atoms with E-state index in [1.165, 1.54) is 43.4 Å². The van der Waals surface area contributed by atoms with Crippen molar-refractivity contribution in [3.05, 3.63) is 194 Å². The topological polar surface area (TPSA) is 21.3 Å². The molecule has 0 aliphatic carbocycles. The predicted octanol–water partition coefficient (Wildman–Crippen LogP) is 14.1. The largest absolute Gasteiger partial charge is 0.454 e. The fourth-order valence-electron chi connectivity index (χ4n) is 8.34. The van der Waals surface area contributed by atoms with Crippen molar-refractivity contribution in [2.75, 3.05) is 4.90 Å². The Morgan fingerprint density at radius 2 is 0.925 bits per heavy atom. The summed E-state index contributed by atoms with van der Waals surface area (Å²) in [5, 5.41) is 9.55. The van der Waals surface area contributed by atoms with Gasteiger partial charge in [-0.05, 0) is 76.5 Å². The minimum atomic E-state index is 0.901. The third-order valence-electron chi connectivity index (χ3n) is 10.8. The molecule has 3 heteroatoms. The average molecular weight is 677 g/mol. The van der Waals surface area contributed by atoms with Crippen molar-refractivity contribution in [3.63, 3.8) is 0 Å². The Bertz CT molecular complexity index is 3090. The van der Waals surface area contributed by atoms with Gasteiger partial charge in [-0.25, -0.2) is 0 Å². The molecule has 0 aliphatic heterocycles. The number of furan rings is 1. The van der Waals surface area contributed by atoms with E-state index in [1.54, 1.807) is 0 Å². The van der Waals surface area contributed by atoms with E-state index in [9.17, 15) is 0 Å². The zero-order chi connectivity index (χ0) is 34.9. The number of hydrogen-bond donors (Lipinski definition) is 0. The van der Waals surface area contributed by atoms with Gasteiger partial charge in [0.1, 0.15) is 5.58 Å². The predicted molar refractivity (Wildman–Crippen MR) is 223 cm³/mol. The van der Waals surface area contributed by atoms with Crippen molar-refractivity contribution in [1.29, 1.82) is 0 Å². The lowest BCUT2D eigenvalue weighted by Gasteiger charge is -2.28. The monoisotopic (exact) mass is 676 g/mol. The first kappa shape index (κ1) is 29.6. The minimum absolute atomic E-state index is 0.901. The number of rotatable bonds is 5. The summed E-state index contributed by atoms with van der Waals surface area (Å²) in [6.45, 7) is 0. The van der Waals surface area contributed by atoms with E-state index in [4.69, 9.17) is 4.42 Å². The summed E-state index contributed by atoms with van der Waals surface area (Å²) in [4.78, 5) is 2.41. The Hall–Kier alpha value is -7.10. The van der Waals surface area contributed by atoms with E-state index < -0.39 is 0 Å². The minimum Gasteiger partial charge on any atom is -0.454 e. The molecule has 0 amide bonds. The van der Waals surface area contributed by atoms with Crippen molar-refractivity contribution in [2.24, 2.45) is 0 Å². The van der Waals surface area contributed by atoms with Crippen molar-refractivity contribution >= 4 is 82.4 Å². The van der Waals surface area contributed by atoms with E-state index in [0.717, 1.165) is 55.7 Å². The number of para-hydroxylation sites is 3. The van der Waals surface area contributed by atoms with E-state index in [-0.39, 0.29) is 0 Å². The van der Waals surface area contributed by atoms with Gasteiger partial charge in [0.2, 0.25) is 0 Å². The number of hydrogen-bond acceptors (Lipinski definition) is 2. The Morgan fingerprint density at radius 1 is 0.377 bits per heavy atom. The van der Waals surface area contributed by atoms with Gasteiger partial charge in [0.05, 0.1) is 28.1 Å². The van der Waals surface area contributed by atoms with E-state index in [2.05, 4.69) is 191 Å². The van der Waals surface area contributed by atoms with Gasteiger partial charge in [0.25, 0.3) is 0 Å². The fraction of sp³-hybridized carbons (Fsp3) is 0. The van der Waals surface area contributed by atoms with E-state index >= 15 is 0 Å². The standard InChI is InChI=1S/C50H32N2O/c1-3-16-38-34(12-1)14-9-22-44(38)51(45-23-10-15-35-13-2-4-17-39(35)45)37-29-26-33(27-30-37)36-28-31-47-43(32-36)40-18-5-7-21-46(40)52(47)48-24-11-20-42-41-19-6-8-25-49(41)53-50(42)48/h1-32H. The van der Waals surface area contributed by atoms with Gasteiger partial charge in [-0.2, -0.15) is 0 Å². The maximum absolute atomic E-state index is 6.52. The zero-order valence-electron chi connectivity index (χ0n) is 28.8. The Labute approximate surface area is 306 Å². The molecule has 11 aromatic rings. The molecule has 0 radical (unpaired) electrons. The Kier molecular flexibility index (Phi) is 6.55. The maximum Gasteiger partial charge on any atom is 0.159 e. The fourth-order valence-corrected chi connectivity index (χ4v) is 8.34. The summed E-state index contributed by atoms with van der Waals surface area (Å²) in [6.07, 6.45) is 0. The highest BCUT2D eigenvalue weighted by molar-refractivity contribution is 6.13. The second-order valence-corrected chi connectivity index (χ2v) is 13.7. The maximum atomic E-state index is 6.52. The average Bonchev–Trinajstić information content (AvgIpc) is 3.77. The van der Waals surface area contributed by atoms with Crippen LogP contribution in [0.4, 0.5) is 17.1 Å². The van der Waals surface area contributed by atoms with Crippen molar-refractivity contribution in [3.8, 4) is 16.8 Å². The number of benzene rings is 9. The lowest BCUT2D eigenvalue weighted by atomic mass is 10.0. The third-order valence-corrected chi connectivity index (χ3v) is 10.8. The second kappa shape index (κ2) is 11.7. The molecule has 3 nitrogen and oxygen atoms in total. The number of fused-ring (bicyclic) bond motifs is 8. The van der Waals surface area contributed by atoms with Crippen LogP contribution in [0.3, 0.4) is 0 Å². The van der Waals surface area contributed by atoms with Crippen LogP contribution in [0.25, 0.3) is 82.1 Å². The number of anilines is 3. The lowest BCUT2D eigenvalue weighted by molar-refractivity contribution is 0.666. The molecule has 0 saturated heterocycles. The van der Waals surface area contributed by atoms with Crippen LogP contribution in [0.15, 0.2) is 199 Å². The van der Waals surface area contributed by atoms with Crippen LogP contribution >= 0.6 is 0 Å². The second-order valence-electron chi connectivity index (χ2n) is 13.7. The van der Waals surface area contributed by atoms with E-state index in [0.29, 0.717) is 0 Å². The highest BCUT2D eigenvalue weighted by Crippen LogP contribution is 2.43. The van der Waals surface area contributed by atoms with Crippen LogP contribution in [-0.2, 0) is 0 Å². The summed E-state index contributed by atoms with van der Waals surface area (Å²) < 4.78 is 8.87. The molecule has 9 aromatic carbocycles. The van der Waals surface area contributed by atoms with Gasteiger partial charge < -0.3 is 13.9 Å². The quantitative estimate of drug-likeness (QED) is 0.181. The normalized spacial score (nSPS) is 11.8. The van der Waals surface area contributed by atoms with E-state index in [1.807, 2.05) is 12.1 Å². The molecular weight excluding hydrogens is 645 g/mol. The third kappa shape index (κ3) is 4.61. The number of nitrogens with zero attached hydrogens (tertiary/aromatic N) is 2. The molecule has 2 heterocycles. The van der Waals surface area contributed by atoms with Gasteiger partial charge in [0.15, 0.2) is 5.58 Å². The summed E-state index contributed by atoms with van der Waals surface area (Å²) in [7, 11) is 0. The molecule has 248 valence electrons. The Morgan fingerprint density at radius 3 is 1.66 bits per heavy atom. The van der Waals surface area contributed by atoms with Crippen LogP contribution in [0.5, 0.6) is 0 Å². The Balaban J connectivity index is 1.06. The van der Waals surface area contributed by atoms with Crippen molar-refractivity contribution in [2.45, 2.75) is 0 Å². The first-order valence-electron chi connectivity index (χ1n) is 18.1. The SMILES string of the molecule is c1ccc2c(N(c3ccc(-c4ccc5c(c4)c4ccccc4n5-c4cccc5c4oc4ccccc45)cc3)c3cccc4ccccc34)cccc2c1. The number of aromatic nitrogens is 1. The van der Waals surface area contributed by atoms with Crippen LogP contribution < -0.4 is 4.90 Å². The zero-order valence-corrected chi connectivity index (χ0v) is 28.8. The van der Waals surface area contributed by atoms with Crippen LogP contribution in [-0.4, -0.2) is 4.57 Å². The van der Waals surface area contributed by atoms with Crippen LogP contribution in [0, 0.1) is 0 Å². The molecule has 0 saturated carbocycles. The molecule has 0 N–H and O–H groups in total. The molecule has 0 bridgehead atoms. The van der Waals surface area contributed by atoms with Crippen LogP contribution in [0.1, 0.15) is 0 Å². The molecule has 11 rings (SSSR count). The van der Waals surface area contributed by atoms with Gasteiger partial charge in [0, 0.05) is 38.0 Å². The molecular formula is C50H32N2O. The highest BCUT2D eigenvalue weighted by atomic mass is 16.3. The van der Waals surface area contributed by atoms with Crippen LogP contribution in [0.2, 0.25) is 0 Å². The molecule has 0 unspecified atom stereocenters. The van der Waals surface area contributed by atoms with Gasteiger partial charge in [-0.15, -0.1) is 0 Å². The molecule has 0 aliphatic rings.